The number of nitrogens with zero attached hydrogens (tertiary/aromatic N) is 3. The lowest BCUT2D eigenvalue weighted by molar-refractivity contribution is -0.143. The molecule has 1 aliphatic rings. The van der Waals surface area contributed by atoms with Crippen LogP contribution in [-0.2, 0) is 11.0 Å². The van der Waals surface area contributed by atoms with Crippen molar-refractivity contribution in [2.45, 2.75) is 38.8 Å². The maximum absolute atomic E-state index is 12.9. The second-order valence-corrected chi connectivity index (χ2v) is 8.84. The fraction of sp³-hybridized carbons (Fsp3) is 0.360. The Bertz CT molecular complexity index is 1180. The van der Waals surface area contributed by atoms with Crippen LogP contribution in [0.2, 0.25) is 0 Å². The van der Waals surface area contributed by atoms with Gasteiger partial charge >= 0.3 is 12.1 Å². The zero-order valence-electron chi connectivity index (χ0n) is 19.1. The van der Waals surface area contributed by atoms with Crippen molar-refractivity contribution in [2.75, 3.05) is 17.2 Å². The number of pyridine rings is 1. The van der Waals surface area contributed by atoms with Gasteiger partial charge in [-0.05, 0) is 80.0 Å². The van der Waals surface area contributed by atoms with E-state index in [0.717, 1.165) is 54.2 Å². The van der Waals surface area contributed by atoms with Crippen LogP contribution in [0.3, 0.4) is 0 Å². The van der Waals surface area contributed by atoms with Crippen molar-refractivity contribution in [1.29, 1.82) is 0 Å². The van der Waals surface area contributed by atoms with Gasteiger partial charge in [0.15, 0.2) is 0 Å². The van der Waals surface area contributed by atoms with Crippen LogP contribution in [0.1, 0.15) is 36.9 Å². The summed E-state index contributed by atoms with van der Waals surface area (Å²) in [6.45, 7) is 2.64. The lowest BCUT2D eigenvalue weighted by Crippen LogP contribution is -2.25. The summed E-state index contributed by atoms with van der Waals surface area (Å²) in [5.41, 5.74) is 2.18. The Kier molecular flexibility index (Phi) is 7.18. The molecule has 35 heavy (non-hydrogen) atoms. The van der Waals surface area contributed by atoms with Crippen molar-refractivity contribution in [3.8, 4) is 11.1 Å². The Morgan fingerprint density at radius 3 is 2.49 bits per heavy atom. The van der Waals surface area contributed by atoms with Crippen LogP contribution in [0.25, 0.3) is 11.1 Å². The van der Waals surface area contributed by atoms with E-state index < -0.39 is 17.8 Å². The highest BCUT2D eigenvalue weighted by atomic mass is 19.4. The second kappa shape index (κ2) is 10.3. The molecular weight excluding hydrogens is 459 g/mol. The molecule has 0 aliphatic heterocycles. The molecular formula is C25H26F3N5O2. The molecule has 1 saturated carbocycles. The number of benzene rings is 1. The van der Waals surface area contributed by atoms with Crippen LogP contribution in [0, 0.1) is 18.8 Å². The lowest BCUT2D eigenvalue weighted by atomic mass is 9.82. The fourth-order valence-corrected chi connectivity index (χ4v) is 4.26. The Hall–Kier alpha value is -3.69. The van der Waals surface area contributed by atoms with Crippen LogP contribution in [0.15, 0.2) is 48.8 Å². The molecule has 0 atom stereocenters. The highest BCUT2D eigenvalue weighted by molar-refractivity contribution is 5.71. The number of halogens is 3. The van der Waals surface area contributed by atoms with E-state index in [1.54, 1.807) is 12.3 Å². The molecule has 1 fully saturated rings. The van der Waals surface area contributed by atoms with E-state index in [9.17, 15) is 18.0 Å². The van der Waals surface area contributed by atoms with Gasteiger partial charge in [0.25, 0.3) is 0 Å². The molecule has 3 aromatic rings. The number of carbonyl (C=O) groups is 1. The van der Waals surface area contributed by atoms with Crippen LogP contribution < -0.4 is 10.6 Å². The summed E-state index contributed by atoms with van der Waals surface area (Å²) in [5, 5.41) is 15.3. The van der Waals surface area contributed by atoms with Gasteiger partial charge in [-0.3, -0.25) is 4.79 Å². The number of rotatable bonds is 7. The molecule has 0 spiro atoms. The average Bonchev–Trinajstić information content (AvgIpc) is 2.82. The van der Waals surface area contributed by atoms with E-state index in [4.69, 9.17) is 5.11 Å². The maximum Gasteiger partial charge on any atom is 0.433 e. The fourth-order valence-electron chi connectivity index (χ4n) is 4.26. The van der Waals surface area contributed by atoms with Crippen molar-refractivity contribution >= 4 is 23.4 Å². The zero-order valence-corrected chi connectivity index (χ0v) is 19.1. The first-order chi connectivity index (χ1) is 16.7. The third kappa shape index (κ3) is 6.46. The summed E-state index contributed by atoms with van der Waals surface area (Å²) in [7, 11) is 0. The van der Waals surface area contributed by atoms with Gasteiger partial charge in [0.2, 0.25) is 5.95 Å². The van der Waals surface area contributed by atoms with Crippen LogP contribution >= 0.6 is 0 Å². The highest BCUT2D eigenvalue weighted by Gasteiger charge is 2.32. The van der Waals surface area contributed by atoms with Gasteiger partial charge in [-0.15, -0.1) is 0 Å². The minimum absolute atomic E-state index is 0.133. The Labute approximate surface area is 200 Å². The molecule has 0 radical (unpaired) electrons. The molecule has 0 amide bonds. The van der Waals surface area contributed by atoms with Crippen molar-refractivity contribution in [3.63, 3.8) is 0 Å². The molecule has 1 aliphatic carbocycles. The molecule has 0 bridgehead atoms. The van der Waals surface area contributed by atoms with Gasteiger partial charge in [0.1, 0.15) is 11.5 Å². The number of hydrogen-bond acceptors (Lipinski definition) is 6. The van der Waals surface area contributed by atoms with Gasteiger partial charge in [-0.25, -0.2) is 15.0 Å². The normalized spacial score (nSPS) is 18.2. The van der Waals surface area contributed by atoms with E-state index in [1.807, 2.05) is 31.2 Å². The Balaban J connectivity index is 1.40. The number of hydrogen-bond donors (Lipinski definition) is 3. The number of aliphatic carboxylic acids is 1. The summed E-state index contributed by atoms with van der Waals surface area (Å²) in [4.78, 5) is 23.0. The quantitative estimate of drug-likeness (QED) is 0.382. The molecule has 7 nitrogen and oxygen atoms in total. The van der Waals surface area contributed by atoms with E-state index in [0.29, 0.717) is 24.4 Å². The monoisotopic (exact) mass is 485 g/mol. The molecule has 10 heteroatoms. The molecule has 3 N–H and O–H groups in total. The second-order valence-electron chi connectivity index (χ2n) is 8.84. The molecule has 1 aromatic carbocycles. The maximum atomic E-state index is 12.9. The summed E-state index contributed by atoms with van der Waals surface area (Å²) in [5.74, 6) is 0.0995. The summed E-state index contributed by atoms with van der Waals surface area (Å²) in [6, 6.07) is 10.2. The SMILES string of the molecule is Cc1cc(Nc2nccc(C(F)(F)F)n2)cc(-c2ccc(NCC3CCC(C(=O)O)CC3)nc2)c1. The predicted octanol–water partition coefficient (Wildman–Crippen LogP) is 5.91. The zero-order chi connectivity index (χ0) is 25.0. The topological polar surface area (TPSA) is 100 Å². The first kappa shape index (κ1) is 24.4. The minimum atomic E-state index is -4.55. The summed E-state index contributed by atoms with van der Waals surface area (Å²) < 4.78 is 38.8. The Morgan fingerprint density at radius 1 is 1.06 bits per heavy atom. The van der Waals surface area contributed by atoms with Gasteiger partial charge in [0.05, 0.1) is 5.92 Å². The molecule has 184 valence electrons. The van der Waals surface area contributed by atoms with E-state index in [2.05, 4.69) is 25.6 Å². The van der Waals surface area contributed by atoms with Crippen LogP contribution in [0.4, 0.5) is 30.6 Å². The minimum Gasteiger partial charge on any atom is -0.481 e. The summed E-state index contributed by atoms with van der Waals surface area (Å²) in [6.07, 6.45) is 1.46. The van der Waals surface area contributed by atoms with Gasteiger partial charge in [-0.1, -0.05) is 6.07 Å². The lowest BCUT2D eigenvalue weighted by Gasteiger charge is -2.26. The van der Waals surface area contributed by atoms with Crippen molar-refractivity contribution < 1.29 is 23.1 Å². The van der Waals surface area contributed by atoms with Crippen molar-refractivity contribution in [3.05, 3.63) is 60.0 Å². The van der Waals surface area contributed by atoms with E-state index in [1.165, 1.54) is 0 Å². The number of anilines is 3. The number of aryl methyl sites for hydroxylation is 1. The molecule has 0 unspecified atom stereocenters. The first-order valence-electron chi connectivity index (χ1n) is 11.4. The number of carboxylic acid groups (broad SMARTS) is 1. The smallest absolute Gasteiger partial charge is 0.433 e. The first-order valence-corrected chi connectivity index (χ1v) is 11.4. The number of alkyl halides is 3. The molecule has 2 heterocycles. The van der Waals surface area contributed by atoms with Gasteiger partial charge in [-0.2, -0.15) is 13.2 Å². The highest BCUT2D eigenvalue weighted by Crippen LogP contribution is 2.31. The third-order valence-corrected chi connectivity index (χ3v) is 6.14. The standard InChI is InChI=1S/C25H26F3N5O2/c1-15-10-19(12-20(11-15)32-24-29-9-8-21(33-24)25(26,27)28)18-6-7-22(31-14-18)30-13-16-2-4-17(5-3-16)23(34)35/h6-12,14,16-17H,2-5,13H2,1H3,(H,30,31)(H,34,35)(H,29,32,33). The van der Waals surface area contributed by atoms with Crippen molar-refractivity contribution in [1.82, 2.24) is 15.0 Å². The predicted molar refractivity (Wildman–Crippen MR) is 126 cm³/mol. The molecule has 4 rings (SSSR count). The third-order valence-electron chi connectivity index (χ3n) is 6.14. The largest absolute Gasteiger partial charge is 0.481 e. The van der Waals surface area contributed by atoms with E-state index >= 15 is 0 Å². The van der Waals surface area contributed by atoms with Gasteiger partial charge in [0, 0.05) is 30.2 Å². The Morgan fingerprint density at radius 2 is 1.83 bits per heavy atom. The van der Waals surface area contributed by atoms with Crippen molar-refractivity contribution in [2.24, 2.45) is 11.8 Å². The molecule has 2 aromatic heterocycles. The average molecular weight is 486 g/mol. The van der Waals surface area contributed by atoms with Gasteiger partial charge < -0.3 is 15.7 Å². The number of nitrogens with one attached hydrogen (secondary N) is 2. The van der Waals surface area contributed by atoms with Crippen LogP contribution in [-0.4, -0.2) is 32.6 Å². The van der Waals surface area contributed by atoms with E-state index in [-0.39, 0.29) is 11.9 Å². The number of aromatic nitrogens is 3. The summed E-state index contributed by atoms with van der Waals surface area (Å²) >= 11 is 0. The molecule has 0 saturated heterocycles. The number of carboxylic acids is 1. The van der Waals surface area contributed by atoms with Crippen LogP contribution in [0.5, 0.6) is 0 Å².